The Morgan fingerprint density at radius 3 is 2.69 bits per heavy atom. The van der Waals surface area contributed by atoms with E-state index >= 15 is 0 Å². The van der Waals surface area contributed by atoms with Crippen molar-refractivity contribution >= 4 is 26.8 Å². The van der Waals surface area contributed by atoms with Crippen LogP contribution in [0.4, 0.5) is 0 Å². The third kappa shape index (κ3) is 1.63. The van der Waals surface area contributed by atoms with Crippen molar-refractivity contribution in [1.82, 2.24) is 4.57 Å². The molecule has 0 aliphatic carbocycles. The predicted molar refractivity (Wildman–Crippen MR) is 68.0 cm³/mol. The zero-order chi connectivity index (χ0) is 11.9. The molecule has 1 heterocycles. The third-order valence-corrected chi connectivity index (χ3v) is 3.18. The first-order valence-corrected chi connectivity index (χ1v) is 5.84. The smallest absolute Gasteiger partial charge is 0.254 e. The molecule has 0 radical (unpaired) electrons. The first kappa shape index (κ1) is 11.2. The van der Waals surface area contributed by atoms with Crippen molar-refractivity contribution in [3.8, 4) is 5.75 Å². The Balaban J connectivity index is 3.02. The first-order chi connectivity index (χ1) is 7.52. The molecule has 1 N–H and O–H groups in total. The highest BCUT2D eigenvalue weighted by Crippen LogP contribution is 2.30. The summed E-state index contributed by atoms with van der Waals surface area (Å²) in [5, 5.41) is 10.5. The molecule has 4 heteroatoms. The number of halogens is 1. The fourth-order valence-electron chi connectivity index (χ4n) is 1.88. The second kappa shape index (κ2) is 3.94. The Bertz CT molecular complexity index is 602. The Hall–Kier alpha value is -1.29. The lowest BCUT2D eigenvalue weighted by atomic mass is 10.2. The molecule has 2 aromatic rings. The summed E-state index contributed by atoms with van der Waals surface area (Å²) in [5.41, 5.74) is 0.562. The summed E-state index contributed by atoms with van der Waals surface area (Å²) < 4.78 is 2.46. The number of hydrogen-bond donors (Lipinski definition) is 1. The van der Waals surface area contributed by atoms with Gasteiger partial charge in [-0.1, -0.05) is 6.07 Å². The lowest BCUT2D eigenvalue weighted by Gasteiger charge is -2.15. The summed E-state index contributed by atoms with van der Waals surface area (Å²) in [7, 11) is 0. The molecule has 0 bridgehead atoms. The number of aromatic nitrogens is 1. The maximum absolute atomic E-state index is 11.8. The summed E-state index contributed by atoms with van der Waals surface area (Å²) in [5.74, 6) is 0.0179. The molecule has 0 amide bonds. The highest BCUT2D eigenvalue weighted by atomic mass is 79.9. The van der Waals surface area contributed by atoms with Crippen LogP contribution < -0.4 is 5.56 Å². The lowest BCUT2D eigenvalue weighted by Crippen LogP contribution is -2.21. The van der Waals surface area contributed by atoms with E-state index in [0.29, 0.717) is 5.39 Å². The minimum Gasteiger partial charge on any atom is -0.507 e. The van der Waals surface area contributed by atoms with Gasteiger partial charge in [-0.15, -0.1) is 0 Å². The van der Waals surface area contributed by atoms with Crippen molar-refractivity contribution in [3.05, 3.63) is 39.1 Å². The maximum Gasteiger partial charge on any atom is 0.254 e. The predicted octanol–water partition coefficient (Wildman–Crippen LogP) is 3.05. The number of benzene rings is 1. The minimum absolute atomic E-state index is 0.0179. The molecule has 1 aromatic carbocycles. The highest BCUT2D eigenvalue weighted by Gasteiger charge is 2.12. The molecule has 0 atom stereocenters. The van der Waals surface area contributed by atoms with Gasteiger partial charge >= 0.3 is 0 Å². The average molecular weight is 282 g/mol. The van der Waals surface area contributed by atoms with E-state index in [-0.39, 0.29) is 17.4 Å². The highest BCUT2D eigenvalue weighted by molar-refractivity contribution is 9.10. The SMILES string of the molecule is CC(C)n1c(=O)cc(O)c2c(Br)cccc21. The second-order valence-corrected chi connectivity index (χ2v) is 4.82. The zero-order valence-electron chi connectivity index (χ0n) is 9.07. The van der Waals surface area contributed by atoms with Gasteiger partial charge in [-0.2, -0.15) is 0 Å². The molecule has 0 aliphatic rings. The molecule has 0 unspecified atom stereocenters. The largest absolute Gasteiger partial charge is 0.507 e. The number of rotatable bonds is 1. The van der Waals surface area contributed by atoms with Crippen molar-refractivity contribution in [3.63, 3.8) is 0 Å². The Morgan fingerprint density at radius 2 is 2.06 bits per heavy atom. The molecule has 2 rings (SSSR count). The van der Waals surface area contributed by atoms with Crippen molar-refractivity contribution in [1.29, 1.82) is 0 Å². The van der Waals surface area contributed by atoms with Crippen LogP contribution >= 0.6 is 15.9 Å². The molecule has 0 saturated carbocycles. The lowest BCUT2D eigenvalue weighted by molar-refractivity contribution is 0.476. The van der Waals surface area contributed by atoms with Gasteiger partial charge in [0.05, 0.1) is 10.9 Å². The van der Waals surface area contributed by atoms with Crippen LogP contribution in [0.3, 0.4) is 0 Å². The summed E-state index contributed by atoms with van der Waals surface area (Å²) >= 11 is 3.38. The summed E-state index contributed by atoms with van der Waals surface area (Å²) in [6.45, 7) is 3.89. The quantitative estimate of drug-likeness (QED) is 0.873. The van der Waals surface area contributed by atoms with E-state index in [1.165, 1.54) is 6.07 Å². The van der Waals surface area contributed by atoms with Crippen LogP contribution in [0, 0.1) is 0 Å². The van der Waals surface area contributed by atoms with Gasteiger partial charge in [0.15, 0.2) is 0 Å². The van der Waals surface area contributed by atoms with Gasteiger partial charge in [-0.05, 0) is 41.9 Å². The fraction of sp³-hybridized carbons (Fsp3) is 0.250. The van der Waals surface area contributed by atoms with E-state index in [2.05, 4.69) is 15.9 Å². The van der Waals surface area contributed by atoms with E-state index in [4.69, 9.17) is 0 Å². The molecular weight excluding hydrogens is 270 g/mol. The van der Waals surface area contributed by atoms with Gasteiger partial charge in [0.25, 0.3) is 5.56 Å². The van der Waals surface area contributed by atoms with Crippen LogP contribution in [0.1, 0.15) is 19.9 Å². The van der Waals surface area contributed by atoms with Gasteiger partial charge in [-0.3, -0.25) is 4.79 Å². The van der Waals surface area contributed by atoms with Crippen molar-refractivity contribution in [2.75, 3.05) is 0 Å². The molecule has 0 fully saturated rings. The standard InChI is InChI=1S/C12H12BrNO2/c1-7(2)14-9-5-3-4-8(13)12(9)10(15)6-11(14)16/h3-7,15H,1-2H3. The van der Waals surface area contributed by atoms with Gasteiger partial charge in [0, 0.05) is 16.6 Å². The average Bonchev–Trinajstić information content (AvgIpc) is 2.15. The molecule has 1 aromatic heterocycles. The van der Waals surface area contributed by atoms with Gasteiger partial charge in [0.2, 0.25) is 0 Å². The molecule has 3 nitrogen and oxygen atoms in total. The van der Waals surface area contributed by atoms with Crippen LogP contribution in [0.5, 0.6) is 5.75 Å². The van der Waals surface area contributed by atoms with Gasteiger partial charge in [0.1, 0.15) is 5.75 Å². The van der Waals surface area contributed by atoms with Crippen LogP contribution in [-0.2, 0) is 0 Å². The number of nitrogens with zero attached hydrogens (tertiary/aromatic N) is 1. The van der Waals surface area contributed by atoms with Crippen molar-refractivity contribution in [2.24, 2.45) is 0 Å². The number of pyridine rings is 1. The number of aromatic hydroxyl groups is 1. The normalized spacial score (nSPS) is 11.2. The van der Waals surface area contributed by atoms with Crippen molar-refractivity contribution in [2.45, 2.75) is 19.9 Å². The van der Waals surface area contributed by atoms with E-state index < -0.39 is 0 Å². The summed E-state index contributed by atoms with van der Waals surface area (Å²) in [6, 6.07) is 6.85. The maximum atomic E-state index is 11.8. The van der Waals surface area contributed by atoms with E-state index in [1.54, 1.807) is 4.57 Å². The monoisotopic (exact) mass is 281 g/mol. The Morgan fingerprint density at radius 1 is 1.38 bits per heavy atom. The molecular formula is C12H12BrNO2. The molecule has 16 heavy (non-hydrogen) atoms. The minimum atomic E-state index is -0.182. The number of fused-ring (bicyclic) bond motifs is 1. The first-order valence-electron chi connectivity index (χ1n) is 5.05. The van der Waals surface area contributed by atoms with Gasteiger partial charge in [-0.25, -0.2) is 0 Å². The van der Waals surface area contributed by atoms with Crippen LogP contribution in [0.2, 0.25) is 0 Å². The summed E-state index contributed by atoms with van der Waals surface area (Å²) in [6.07, 6.45) is 0. The van der Waals surface area contributed by atoms with Crippen LogP contribution in [-0.4, -0.2) is 9.67 Å². The third-order valence-electron chi connectivity index (χ3n) is 2.52. The zero-order valence-corrected chi connectivity index (χ0v) is 10.7. The van der Waals surface area contributed by atoms with Crippen LogP contribution in [0.15, 0.2) is 33.5 Å². The summed E-state index contributed by atoms with van der Waals surface area (Å²) in [4.78, 5) is 11.8. The van der Waals surface area contributed by atoms with Crippen molar-refractivity contribution < 1.29 is 5.11 Å². The topological polar surface area (TPSA) is 42.2 Å². The molecule has 0 aliphatic heterocycles. The van der Waals surface area contributed by atoms with E-state index in [0.717, 1.165) is 9.99 Å². The van der Waals surface area contributed by atoms with E-state index in [1.807, 2.05) is 32.0 Å². The van der Waals surface area contributed by atoms with E-state index in [9.17, 15) is 9.90 Å². The molecule has 84 valence electrons. The van der Waals surface area contributed by atoms with Crippen LogP contribution in [0.25, 0.3) is 10.9 Å². The Kier molecular flexibility index (Phi) is 2.76. The number of hydrogen-bond acceptors (Lipinski definition) is 2. The molecule has 0 spiro atoms. The van der Waals surface area contributed by atoms with Gasteiger partial charge < -0.3 is 9.67 Å². The Labute approximate surface area is 101 Å². The second-order valence-electron chi connectivity index (χ2n) is 3.97. The molecule has 0 saturated heterocycles. The fourth-order valence-corrected chi connectivity index (χ4v) is 2.44.